The molecule has 1 aliphatic rings. The molecule has 1 saturated heterocycles. The lowest BCUT2D eigenvalue weighted by molar-refractivity contribution is 0.0208. The molecule has 0 saturated carbocycles. The number of aromatic nitrogens is 2. The highest BCUT2D eigenvalue weighted by molar-refractivity contribution is 5.53. The maximum Gasteiger partial charge on any atom is 0.258 e. The molecule has 1 N–H and O–H groups in total. The standard InChI is InChI=1S/C15H19N3O2/c1-10(2)11-3-5-12(6-4-11)15-17-14(18-20-15)13-9-16-7-8-19-13/h3-6,10,13,16H,7-9H2,1-2H3. The van der Waals surface area contributed by atoms with E-state index in [0.717, 1.165) is 18.7 Å². The summed E-state index contributed by atoms with van der Waals surface area (Å²) in [5.74, 6) is 1.67. The van der Waals surface area contributed by atoms with Gasteiger partial charge in [0.25, 0.3) is 5.89 Å². The third-order valence-electron chi connectivity index (χ3n) is 3.48. The van der Waals surface area contributed by atoms with Gasteiger partial charge in [-0.3, -0.25) is 0 Å². The summed E-state index contributed by atoms with van der Waals surface area (Å²) in [4.78, 5) is 4.44. The number of nitrogens with zero attached hydrogens (tertiary/aromatic N) is 2. The number of nitrogens with one attached hydrogen (secondary N) is 1. The van der Waals surface area contributed by atoms with Gasteiger partial charge < -0.3 is 14.6 Å². The van der Waals surface area contributed by atoms with Crippen molar-refractivity contribution in [3.8, 4) is 11.5 Å². The number of morpholine rings is 1. The van der Waals surface area contributed by atoms with Crippen LogP contribution in [0.2, 0.25) is 0 Å². The van der Waals surface area contributed by atoms with E-state index in [-0.39, 0.29) is 6.10 Å². The molecule has 5 heteroatoms. The highest BCUT2D eigenvalue weighted by atomic mass is 16.5. The summed E-state index contributed by atoms with van der Waals surface area (Å²) in [6.07, 6.45) is -0.115. The van der Waals surface area contributed by atoms with Crippen LogP contribution in [-0.4, -0.2) is 29.8 Å². The van der Waals surface area contributed by atoms with Gasteiger partial charge in [0, 0.05) is 18.7 Å². The second-order valence-corrected chi connectivity index (χ2v) is 5.30. The number of rotatable bonds is 3. The van der Waals surface area contributed by atoms with Gasteiger partial charge in [-0.25, -0.2) is 0 Å². The molecular formula is C15H19N3O2. The normalized spacial score (nSPS) is 19.4. The Morgan fingerprint density at radius 2 is 2.05 bits per heavy atom. The highest BCUT2D eigenvalue weighted by Crippen LogP contribution is 2.23. The monoisotopic (exact) mass is 273 g/mol. The number of hydrogen-bond acceptors (Lipinski definition) is 5. The van der Waals surface area contributed by atoms with E-state index in [1.54, 1.807) is 0 Å². The van der Waals surface area contributed by atoms with Crippen LogP contribution >= 0.6 is 0 Å². The van der Waals surface area contributed by atoms with Crippen molar-refractivity contribution in [2.24, 2.45) is 0 Å². The molecule has 1 atom stereocenters. The maximum absolute atomic E-state index is 5.62. The van der Waals surface area contributed by atoms with E-state index in [1.807, 2.05) is 12.1 Å². The van der Waals surface area contributed by atoms with Gasteiger partial charge in [-0.2, -0.15) is 4.98 Å². The molecule has 0 spiro atoms. The Morgan fingerprint density at radius 1 is 1.25 bits per heavy atom. The summed E-state index contributed by atoms with van der Waals surface area (Å²) in [5, 5.41) is 7.28. The summed E-state index contributed by atoms with van der Waals surface area (Å²) in [7, 11) is 0. The first-order valence-electron chi connectivity index (χ1n) is 7.00. The van der Waals surface area contributed by atoms with Gasteiger partial charge in [-0.05, 0) is 23.6 Å². The summed E-state index contributed by atoms with van der Waals surface area (Å²) in [6.45, 7) is 6.63. The average Bonchev–Trinajstić information content (AvgIpc) is 2.98. The second-order valence-electron chi connectivity index (χ2n) is 5.30. The molecule has 3 rings (SSSR count). The Kier molecular flexibility index (Phi) is 3.80. The third-order valence-corrected chi connectivity index (χ3v) is 3.48. The lowest BCUT2D eigenvalue weighted by Crippen LogP contribution is -2.33. The van der Waals surface area contributed by atoms with Crippen LogP contribution in [0.25, 0.3) is 11.5 Å². The van der Waals surface area contributed by atoms with Gasteiger partial charge in [0.15, 0.2) is 0 Å². The summed E-state index contributed by atoms with van der Waals surface area (Å²) in [6, 6.07) is 8.24. The molecule has 1 fully saturated rings. The molecule has 0 amide bonds. The molecule has 1 aromatic carbocycles. The van der Waals surface area contributed by atoms with Crippen LogP contribution in [0.3, 0.4) is 0 Å². The third kappa shape index (κ3) is 2.73. The minimum atomic E-state index is -0.115. The number of hydrogen-bond donors (Lipinski definition) is 1. The van der Waals surface area contributed by atoms with E-state index < -0.39 is 0 Å². The van der Waals surface area contributed by atoms with E-state index in [9.17, 15) is 0 Å². The number of ether oxygens (including phenoxy) is 1. The molecule has 106 valence electrons. The van der Waals surface area contributed by atoms with Crippen molar-refractivity contribution in [3.63, 3.8) is 0 Å². The minimum absolute atomic E-state index is 0.115. The highest BCUT2D eigenvalue weighted by Gasteiger charge is 2.21. The fourth-order valence-corrected chi connectivity index (χ4v) is 2.22. The van der Waals surface area contributed by atoms with Crippen molar-refractivity contribution in [3.05, 3.63) is 35.7 Å². The molecular weight excluding hydrogens is 254 g/mol. The maximum atomic E-state index is 5.62. The quantitative estimate of drug-likeness (QED) is 0.931. The van der Waals surface area contributed by atoms with Crippen molar-refractivity contribution in [1.82, 2.24) is 15.5 Å². The Labute approximate surface area is 118 Å². The summed E-state index contributed by atoms with van der Waals surface area (Å²) < 4.78 is 11.0. The van der Waals surface area contributed by atoms with E-state index in [4.69, 9.17) is 9.26 Å². The molecule has 0 aliphatic carbocycles. The molecule has 2 heterocycles. The largest absolute Gasteiger partial charge is 0.367 e. The topological polar surface area (TPSA) is 60.2 Å². The van der Waals surface area contributed by atoms with Crippen LogP contribution in [0.15, 0.2) is 28.8 Å². The average molecular weight is 273 g/mol. The summed E-state index contributed by atoms with van der Waals surface area (Å²) >= 11 is 0. The fourth-order valence-electron chi connectivity index (χ4n) is 2.22. The van der Waals surface area contributed by atoms with Crippen LogP contribution in [0.4, 0.5) is 0 Å². The molecule has 0 bridgehead atoms. The van der Waals surface area contributed by atoms with E-state index >= 15 is 0 Å². The molecule has 2 aromatic rings. The molecule has 5 nitrogen and oxygen atoms in total. The van der Waals surface area contributed by atoms with Crippen molar-refractivity contribution in [2.45, 2.75) is 25.9 Å². The van der Waals surface area contributed by atoms with Crippen molar-refractivity contribution >= 4 is 0 Å². The zero-order valence-corrected chi connectivity index (χ0v) is 11.8. The van der Waals surface area contributed by atoms with Crippen LogP contribution in [0.1, 0.15) is 37.3 Å². The Morgan fingerprint density at radius 3 is 2.70 bits per heavy atom. The van der Waals surface area contributed by atoms with Gasteiger partial charge in [0.1, 0.15) is 6.10 Å². The van der Waals surface area contributed by atoms with Gasteiger partial charge in [-0.1, -0.05) is 31.1 Å². The SMILES string of the molecule is CC(C)c1ccc(-c2nc(C3CNCCO3)no2)cc1. The van der Waals surface area contributed by atoms with Crippen LogP contribution in [0, 0.1) is 0 Å². The Bertz CT molecular complexity index is 557. The second kappa shape index (κ2) is 5.73. The number of benzene rings is 1. The zero-order chi connectivity index (χ0) is 13.9. The predicted octanol–water partition coefficient (Wildman–Crippen LogP) is 2.52. The zero-order valence-electron chi connectivity index (χ0n) is 11.8. The lowest BCUT2D eigenvalue weighted by Gasteiger charge is -2.20. The smallest absolute Gasteiger partial charge is 0.258 e. The first kappa shape index (κ1) is 13.3. The van der Waals surface area contributed by atoms with E-state index in [2.05, 4.69) is 41.4 Å². The van der Waals surface area contributed by atoms with E-state index in [0.29, 0.717) is 24.2 Å². The first-order valence-corrected chi connectivity index (χ1v) is 7.00. The van der Waals surface area contributed by atoms with Crippen LogP contribution in [-0.2, 0) is 4.74 Å². The van der Waals surface area contributed by atoms with Gasteiger partial charge in [0.05, 0.1) is 6.61 Å². The van der Waals surface area contributed by atoms with Crippen LogP contribution in [0.5, 0.6) is 0 Å². The predicted molar refractivity (Wildman–Crippen MR) is 75.4 cm³/mol. The Hall–Kier alpha value is -1.72. The van der Waals surface area contributed by atoms with Crippen molar-refractivity contribution in [2.75, 3.05) is 19.7 Å². The molecule has 1 aliphatic heterocycles. The van der Waals surface area contributed by atoms with Crippen molar-refractivity contribution < 1.29 is 9.26 Å². The summed E-state index contributed by atoms with van der Waals surface area (Å²) in [5.41, 5.74) is 2.24. The van der Waals surface area contributed by atoms with Crippen LogP contribution < -0.4 is 5.32 Å². The van der Waals surface area contributed by atoms with E-state index in [1.165, 1.54) is 5.56 Å². The molecule has 1 unspecified atom stereocenters. The lowest BCUT2D eigenvalue weighted by atomic mass is 10.0. The molecule has 1 aromatic heterocycles. The molecule has 0 radical (unpaired) electrons. The molecule has 20 heavy (non-hydrogen) atoms. The van der Waals surface area contributed by atoms with Crippen molar-refractivity contribution in [1.29, 1.82) is 0 Å². The fraction of sp³-hybridized carbons (Fsp3) is 0.467. The van der Waals surface area contributed by atoms with Gasteiger partial charge >= 0.3 is 0 Å². The van der Waals surface area contributed by atoms with Gasteiger partial charge in [-0.15, -0.1) is 0 Å². The first-order chi connectivity index (χ1) is 9.74. The Balaban J connectivity index is 1.78. The van der Waals surface area contributed by atoms with Gasteiger partial charge in [0.2, 0.25) is 5.82 Å². The minimum Gasteiger partial charge on any atom is -0.367 e.